The number of thiazole rings is 1. The van der Waals surface area contributed by atoms with Crippen LogP contribution in [0.4, 0.5) is 0 Å². The summed E-state index contributed by atoms with van der Waals surface area (Å²) in [5.41, 5.74) is 2.54. The zero-order chi connectivity index (χ0) is 22.8. The third kappa shape index (κ3) is 4.60. The zero-order valence-corrected chi connectivity index (χ0v) is 20.3. The maximum absolute atomic E-state index is 12.2. The Bertz CT molecular complexity index is 1320. The molecule has 1 unspecified atom stereocenters. The van der Waals surface area contributed by atoms with E-state index in [9.17, 15) is 4.79 Å². The maximum atomic E-state index is 12.2. The van der Waals surface area contributed by atoms with Crippen LogP contribution in [-0.2, 0) is 12.3 Å². The molecule has 3 heterocycles. The van der Waals surface area contributed by atoms with Crippen molar-refractivity contribution in [3.63, 3.8) is 0 Å². The molecule has 4 aromatic rings. The lowest BCUT2D eigenvalue weighted by atomic mass is 10.1. The van der Waals surface area contributed by atoms with Gasteiger partial charge < -0.3 is 4.74 Å². The van der Waals surface area contributed by atoms with Crippen molar-refractivity contribution >= 4 is 39.7 Å². The Morgan fingerprint density at radius 2 is 2.03 bits per heavy atom. The molecule has 166 valence electrons. The van der Waals surface area contributed by atoms with Gasteiger partial charge in [-0.05, 0) is 44.0 Å². The summed E-state index contributed by atoms with van der Waals surface area (Å²) < 4.78 is 9.66. The molecule has 1 aromatic carbocycles. The quantitative estimate of drug-likeness (QED) is 0.250. The number of allylic oxidation sites excluding steroid dienone is 1. The standard InChI is InChI=1S/C22H22ClN5O2S2/c1-5-6-28-20(15(4)30-17-9-13(2)19(23)14(3)10-17)25-26-22(28)32-12-16-11-18(29)27-7-8-31-21(27)24-16/h5,7-11,15H,1,6,12H2,2-4H3. The maximum Gasteiger partial charge on any atom is 0.258 e. The Morgan fingerprint density at radius 1 is 1.28 bits per heavy atom. The molecule has 1 atom stereocenters. The van der Waals surface area contributed by atoms with Crippen LogP contribution in [0.1, 0.15) is 35.7 Å². The van der Waals surface area contributed by atoms with Crippen LogP contribution in [0.2, 0.25) is 5.02 Å². The largest absolute Gasteiger partial charge is 0.483 e. The van der Waals surface area contributed by atoms with Crippen LogP contribution in [0.15, 0.2) is 52.4 Å². The third-order valence-corrected chi connectivity index (χ3v) is 7.20. The van der Waals surface area contributed by atoms with Crippen molar-refractivity contribution in [1.29, 1.82) is 0 Å². The van der Waals surface area contributed by atoms with Gasteiger partial charge in [-0.3, -0.25) is 13.8 Å². The molecule has 7 nitrogen and oxygen atoms in total. The van der Waals surface area contributed by atoms with Gasteiger partial charge in [0.2, 0.25) is 0 Å². The van der Waals surface area contributed by atoms with E-state index >= 15 is 0 Å². The second-order valence-electron chi connectivity index (χ2n) is 7.30. The van der Waals surface area contributed by atoms with Crippen LogP contribution >= 0.6 is 34.7 Å². The summed E-state index contributed by atoms with van der Waals surface area (Å²) in [5.74, 6) is 1.93. The smallest absolute Gasteiger partial charge is 0.258 e. The molecule has 0 radical (unpaired) electrons. The molecule has 4 rings (SSSR count). The number of hydrogen-bond donors (Lipinski definition) is 0. The molecular weight excluding hydrogens is 466 g/mol. The van der Waals surface area contributed by atoms with Crippen LogP contribution in [0.5, 0.6) is 5.75 Å². The van der Waals surface area contributed by atoms with Gasteiger partial charge in [0.05, 0.1) is 5.69 Å². The normalized spacial score (nSPS) is 12.2. The fourth-order valence-electron chi connectivity index (χ4n) is 3.34. The molecule has 0 N–H and O–H groups in total. The molecule has 0 aliphatic rings. The molecule has 0 amide bonds. The Hall–Kier alpha value is -2.62. The molecule has 0 bridgehead atoms. The molecule has 0 aliphatic carbocycles. The summed E-state index contributed by atoms with van der Waals surface area (Å²) in [4.78, 5) is 17.5. The fraction of sp³-hybridized carbons (Fsp3) is 0.273. The van der Waals surface area contributed by atoms with Crippen LogP contribution in [0.3, 0.4) is 0 Å². The topological polar surface area (TPSA) is 74.3 Å². The van der Waals surface area contributed by atoms with Crippen LogP contribution in [-0.4, -0.2) is 24.1 Å². The number of rotatable bonds is 8. The first-order chi connectivity index (χ1) is 15.4. The van der Waals surface area contributed by atoms with E-state index in [1.807, 2.05) is 42.9 Å². The minimum Gasteiger partial charge on any atom is -0.483 e. The van der Waals surface area contributed by atoms with Crippen molar-refractivity contribution < 1.29 is 4.74 Å². The molecular formula is C22H22ClN5O2S2. The minimum absolute atomic E-state index is 0.0873. The molecule has 0 saturated carbocycles. The first kappa shape index (κ1) is 22.6. The lowest BCUT2D eigenvalue weighted by Gasteiger charge is -2.17. The molecule has 0 fully saturated rings. The molecule has 0 saturated heterocycles. The van der Waals surface area contributed by atoms with Crippen molar-refractivity contribution in [2.45, 2.75) is 44.3 Å². The minimum atomic E-state index is -0.331. The second-order valence-corrected chi connectivity index (χ2v) is 9.49. The number of nitrogens with zero attached hydrogens (tertiary/aromatic N) is 5. The summed E-state index contributed by atoms with van der Waals surface area (Å²) in [6.07, 6.45) is 3.19. The monoisotopic (exact) mass is 487 g/mol. The van der Waals surface area contributed by atoms with E-state index in [4.69, 9.17) is 16.3 Å². The first-order valence-electron chi connectivity index (χ1n) is 9.93. The van der Waals surface area contributed by atoms with Gasteiger partial charge in [0.1, 0.15) is 5.75 Å². The lowest BCUT2D eigenvalue weighted by Crippen LogP contribution is -2.13. The SMILES string of the molecule is C=CCn1c(SCc2cc(=O)n3ccsc3n2)nnc1C(C)Oc1cc(C)c(Cl)c(C)c1. The van der Waals surface area contributed by atoms with Crippen molar-refractivity contribution in [1.82, 2.24) is 24.1 Å². The van der Waals surface area contributed by atoms with Crippen LogP contribution in [0, 0.1) is 13.8 Å². The number of benzene rings is 1. The van der Waals surface area contributed by atoms with Crippen LogP contribution in [0.25, 0.3) is 4.96 Å². The van der Waals surface area contributed by atoms with E-state index in [1.165, 1.54) is 27.5 Å². The van der Waals surface area contributed by atoms with Gasteiger partial charge in [-0.1, -0.05) is 29.4 Å². The molecule has 10 heteroatoms. The Kier molecular flexibility index (Phi) is 6.68. The summed E-state index contributed by atoms with van der Waals surface area (Å²) in [7, 11) is 0. The Morgan fingerprint density at radius 3 is 2.75 bits per heavy atom. The van der Waals surface area contributed by atoms with Crippen molar-refractivity contribution in [3.05, 3.63) is 80.5 Å². The van der Waals surface area contributed by atoms with E-state index in [0.717, 1.165) is 21.9 Å². The van der Waals surface area contributed by atoms with Crippen molar-refractivity contribution in [2.24, 2.45) is 0 Å². The first-order valence-corrected chi connectivity index (χ1v) is 12.2. The van der Waals surface area contributed by atoms with Gasteiger partial charge in [-0.15, -0.1) is 28.1 Å². The number of halogens is 1. The lowest BCUT2D eigenvalue weighted by molar-refractivity contribution is 0.210. The van der Waals surface area contributed by atoms with Gasteiger partial charge >= 0.3 is 0 Å². The molecule has 32 heavy (non-hydrogen) atoms. The number of aryl methyl sites for hydroxylation is 2. The number of ether oxygens (including phenoxy) is 1. The predicted molar refractivity (Wildman–Crippen MR) is 129 cm³/mol. The number of thioether (sulfide) groups is 1. The molecule has 0 spiro atoms. The highest BCUT2D eigenvalue weighted by molar-refractivity contribution is 7.98. The second kappa shape index (κ2) is 9.48. The zero-order valence-electron chi connectivity index (χ0n) is 17.9. The highest BCUT2D eigenvalue weighted by Crippen LogP contribution is 2.30. The molecule has 0 aliphatic heterocycles. The summed E-state index contributed by atoms with van der Waals surface area (Å²) >= 11 is 9.18. The van der Waals surface area contributed by atoms with Crippen LogP contribution < -0.4 is 10.3 Å². The van der Waals surface area contributed by atoms with Gasteiger partial charge in [-0.2, -0.15) is 0 Å². The average Bonchev–Trinajstić information content (AvgIpc) is 3.38. The van der Waals surface area contributed by atoms with Gasteiger partial charge in [-0.25, -0.2) is 4.98 Å². The Balaban J connectivity index is 1.54. The van der Waals surface area contributed by atoms with Crippen molar-refractivity contribution in [3.8, 4) is 5.75 Å². The van der Waals surface area contributed by atoms with E-state index in [-0.39, 0.29) is 11.7 Å². The van der Waals surface area contributed by atoms with Gasteiger partial charge in [0, 0.05) is 35.0 Å². The van der Waals surface area contributed by atoms with E-state index in [0.29, 0.717) is 33.9 Å². The van der Waals surface area contributed by atoms with E-state index < -0.39 is 0 Å². The average molecular weight is 488 g/mol. The van der Waals surface area contributed by atoms with Gasteiger partial charge in [0.25, 0.3) is 5.56 Å². The van der Waals surface area contributed by atoms with Crippen molar-refractivity contribution in [2.75, 3.05) is 0 Å². The highest BCUT2D eigenvalue weighted by Gasteiger charge is 2.20. The van der Waals surface area contributed by atoms with Gasteiger partial charge in [0.15, 0.2) is 22.0 Å². The third-order valence-electron chi connectivity index (χ3n) is 4.85. The number of aromatic nitrogens is 5. The Labute approximate surface area is 198 Å². The summed E-state index contributed by atoms with van der Waals surface area (Å²) in [6.45, 7) is 10.2. The number of hydrogen-bond acceptors (Lipinski definition) is 7. The molecule has 3 aromatic heterocycles. The highest BCUT2D eigenvalue weighted by atomic mass is 35.5. The number of fused-ring (bicyclic) bond motifs is 1. The van der Waals surface area contributed by atoms with E-state index in [1.54, 1.807) is 18.3 Å². The summed E-state index contributed by atoms with van der Waals surface area (Å²) in [6, 6.07) is 5.39. The van der Waals surface area contributed by atoms with E-state index in [2.05, 4.69) is 21.8 Å². The summed E-state index contributed by atoms with van der Waals surface area (Å²) in [5, 5.41) is 12.0. The predicted octanol–water partition coefficient (Wildman–Crippen LogP) is 5.24. The fourth-order valence-corrected chi connectivity index (χ4v) is 5.03.